The molecule has 1 aromatic carbocycles. The zero-order valence-electron chi connectivity index (χ0n) is 11.9. The second kappa shape index (κ2) is 5.12. The third-order valence-corrected chi connectivity index (χ3v) is 4.02. The fraction of sp³-hybridized carbons (Fsp3) is 0.375. The topological polar surface area (TPSA) is 38.1 Å². The fourth-order valence-electron chi connectivity index (χ4n) is 2.80. The van der Waals surface area contributed by atoms with Crippen LogP contribution < -0.4 is 4.90 Å². The van der Waals surface area contributed by atoms with Gasteiger partial charge < -0.3 is 9.47 Å². The average Bonchev–Trinajstić information content (AvgIpc) is 2.93. The largest absolute Gasteiger partial charge is 0.335 e. The van der Waals surface area contributed by atoms with E-state index in [-0.39, 0.29) is 11.8 Å². The van der Waals surface area contributed by atoms with E-state index in [1.165, 1.54) is 5.56 Å². The van der Waals surface area contributed by atoms with E-state index in [9.17, 15) is 4.79 Å². The number of nitrogens with zero attached hydrogens (tertiary/aromatic N) is 3. The lowest BCUT2D eigenvalue weighted by molar-refractivity contribution is -0.122. The number of rotatable bonds is 2. The summed E-state index contributed by atoms with van der Waals surface area (Å²) in [6.45, 7) is 2.92. The van der Waals surface area contributed by atoms with Gasteiger partial charge in [0.1, 0.15) is 5.82 Å². The zero-order chi connectivity index (χ0) is 14.1. The van der Waals surface area contributed by atoms with E-state index in [1.54, 1.807) is 4.90 Å². The van der Waals surface area contributed by atoms with Crippen LogP contribution in [0.2, 0.25) is 0 Å². The van der Waals surface area contributed by atoms with Crippen molar-refractivity contribution in [1.29, 1.82) is 0 Å². The summed E-state index contributed by atoms with van der Waals surface area (Å²) in [6.07, 6.45) is 5.42. The van der Waals surface area contributed by atoms with Crippen LogP contribution in [0.1, 0.15) is 17.8 Å². The number of imidazole rings is 1. The van der Waals surface area contributed by atoms with Crippen LogP contribution in [0.5, 0.6) is 0 Å². The molecule has 2 heterocycles. The highest BCUT2D eigenvalue weighted by Gasteiger charge is 2.28. The second-order valence-corrected chi connectivity index (χ2v) is 5.46. The van der Waals surface area contributed by atoms with Crippen molar-refractivity contribution in [1.82, 2.24) is 9.55 Å². The van der Waals surface area contributed by atoms with Gasteiger partial charge >= 0.3 is 0 Å². The number of fused-ring (bicyclic) bond motifs is 1. The van der Waals surface area contributed by atoms with Crippen LogP contribution in [0.3, 0.4) is 0 Å². The quantitative estimate of drug-likeness (QED) is 0.839. The average molecular weight is 269 g/mol. The summed E-state index contributed by atoms with van der Waals surface area (Å²) in [5.74, 6) is 1.24. The van der Waals surface area contributed by atoms with Gasteiger partial charge in [-0.25, -0.2) is 4.98 Å². The number of aryl methyl sites for hydroxylation is 2. The van der Waals surface area contributed by atoms with Crippen molar-refractivity contribution in [2.75, 3.05) is 11.9 Å². The highest BCUT2D eigenvalue weighted by Crippen LogP contribution is 2.23. The maximum Gasteiger partial charge on any atom is 0.230 e. The highest BCUT2D eigenvalue weighted by atomic mass is 16.2. The van der Waals surface area contributed by atoms with E-state index in [2.05, 4.69) is 9.55 Å². The Balaban J connectivity index is 1.76. The summed E-state index contributed by atoms with van der Waals surface area (Å²) in [5, 5.41) is 0. The normalized spacial score (nSPS) is 17.6. The molecule has 0 fully saturated rings. The predicted octanol–water partition coefficient (Wildman–Crippen LogP) is 2.42. The molecule has 0 radical (unpaired) electrons. The molecule has 1 aliphatic heterocycles. The van der Waals surface area contributed by atoms with Crippen LogP contribution in [-0.4, -0.2) is 22.5 Å². The molecule has 1 aromatic heterocycles. The van der Waals surface area contributed by atoms with Crippen LogP contribution in [0.25, 0.3) is 0 Å². The summed E-state index contributed by atoms with van der Waals surface area (Å²) in [4.78, 5) is 18.7. The molecule has 0 bridgehead atoms. The van der Waals surface area contributed by atoms with Crippen molar-refractivity contribution in [3.05, 3.63) is 48.0 Å². The van der Waals surface area contributed by atoms with Crippen molar-refractivity contribution in [2.45, 2.75) is 26.3 Å². The van der Waals surface area contributed by atoms with E-state index >= 15 is 0 Å². The molecule has 0 unspecified atom stereocenters. The monoisotopic (exact) mass is 269 g/mol. The number of amides is 1. The molecule has 104 valence electrons. The van der Waals surface area contributed by atoms with Crippen LogP contribution in [0.15, 0.2) is 36.7 Å². The maximum absolute atomic E-state index is 12.6. The first-order chi connectivity index (χ1) is 9.65. The second-order valence-electron chi connectivity index (χ2n) is 5.46. The van der Waals surface area contributed by atoms with E-state index in [1.807, 2.05) is 50.6 Å². The Hall–Kier alpha value is -2.10. The number of carbonyl (C=O) groups is 1. The van der Waals surface area contributed by atoms with Crippen LogP contribution in [0.4, 0.5) is 5.69 Å². The molecule has 20 heavy (non-hydrogen) atoms. The Morgan fingerprint density at radius 3 is 3.10 bits per heavy atom. The van der Waals surface area contributed by atoms with Crippen molar-refractivity contribution >= 4 is 11.6 Å². The summed E-state index contributed by atoms with van der Waals surface area (Å²) < 4.78 is 2.14. The van der Waals surface area contributed by atoms with Crippen molar-refractivity contribution in [3.63, 3.8) is 0 Å². The van der Waals surface area contributed by atoms with E-state index < -0.39 is 0 Å². The number of carbonyl (C=O) groups excluding carboxylic acids is 1. The van der Waals surface area contributed by atoms with Crippen molar-refractivity contribution in [2.24, 2.45) is 5.92 Å². The zero-order valence-corrected chi connectivity index (χ0v) is 11.9. The van der Waals surface area contributed by atoms with Gasteiger partial charge in [-0.3, -0.25) is 4.79 Å². The number of hydrogen-bond acceptors (Lipinski definition) is 2. The lowest BCUT2D eigenvalue weighted by Gasteiger charge is -2.27. The van der Waals surface area contributed by atoms with Crippen LogP contribution in [-0.2, 0) is 17.8 Å². The van der Waals surface area contributed by atoms with Gasteiger partial charge in [0, 0.05) is 44.0 Å². The Bertz CT molecular complexity index is 632. The molecule has 0 spiro atoms. The molecule has 0 saturated heterocycles. The molecular weight excluding hydrogens is 250 g/mol. The first kappa shape index (κ1) is 12.9. The van der Waals surface area contributed by atoms with Gasteiger partial charge in [0.2, 0.25) is 5.91 Å². The standard InChI is InChI=1S/C16H19N3O/c1-12-4-3-5-14(10-12)18(2)16(20)13-6-8-19-9-7-17-15(19)11-13/h3-5,7,9-10,13H,6,8,11H2,1-2H3/t13-/m0/s1. The van der Waals surface area contributed by atoms with E-state index in [0.29, 0.717) is 0 Å². The molecule has 4 nitrogen and oxygen atoms in total. The summed E-state index contributed by atoms with van der Waals surface area (Å²) in [6, 6.07) is 8.05. The van der Waals surface area contributed by atoms with Gasteiger partial charge in [0.05, 0.1) is 0 Å². The summed E-state index contributed by atoms with van der Waals surface area (Å²) in [7, 11) is 1.86. The maximum atomic E-state index is 12.6. The SMILES string of the molecule is Cc1cccc(N(C)C(=O)[C@H]2CCn3ccnc3C2)c1. The highest BCUT2D eigenvalue weighted by molar-refractivity contribution is 5.94. The van der Waals surface area contributed by atoms with Gasteiger partial charge in [-0.05, 0) is 31.0 Å². The van der Waals surface area contributed by atoms with Gasteiger partial charge in [0.15, 0.2) is 0 Å². The molecule has 2 aromatic rings. The minimum Gasteiger partial charge on any atom is -0.335 e. The van der Waals surface area contributed by atoms with Gasteiger partial charge in [-0.15, -0.1) is 0 Å². The van der Waals surface area contributed by atoms with Crippen LogP contribution in [0, 0.1) is 12.8 Å². The lowest BCUT2D eigenvalue weighted by atomic mass is 9.96. The minimum absolute atomic E-state index is 0.0374. The Kier molecular flexibility index (Phi) is 3.30. The Labute approximate surface area is 119 Å². The third-order valence-electron chi connectivity index (χ3n) is 4.02. The molecule has 1 amide bonds. The van der Waals surface area contributed by atoms with Gasteiger partial charge in [-0.2, -0.15) is 0 Å². The number of anilines is 1. The Morgan fingerprint density at radius 1 is 1.45 bits per heavy atom. The van der Waals surface area contributed by atoms with Gasteiger partial charge in [0.25, 0.3) is 0 Å². The summed E-state index contributed by atoms with van der Waals surface area (Å²) >= 11 is 0. The van der Waals surface area contributed by atoms with E-state index in [4.69, 9.17) is 0 Å². The lowest BCUT2D eigenvalue weighted by Crippen LogP contribution is -2.37. The fourth-order valence-corrected chi connectivity index (χ4v) is 2.80. The number of hydrogen-bond donors (Lipinski definition) is 0. The molecule has 0 aliphatic carbocycles. The van der Waals surface area contributed by atoms with Crippen molar-refractivity contribution in [3.8, 4) is 0 Å². The first-order valence-corrected chi connectivity index (χ1v) is 6.99. The predicted molar refractivity (Wildman–Crippen MR) is 78.6 cm³/mol. The van der Waals surface area contributed by atoms with Crippen LogP contribution >= 0.6 is 0 Å². The Morgan fingerprint density at radius 2 is 2.30 bits per heavy atom. The molecule has 0 N–H and O–H groups in total. The third kappa shape index (κ3) is 2.33. The summed E-state index contributed by atoms with van der Waals surface area (Å²) in [5.41, 5.74) is 2.13. The smallest absolute Gasteiger partial charge is 0.230 e. The minimum atomic E-state index is 0.0374. The molecular formula is C16H19N3O. The number of benzene rings is 1. The molecule has 3 rings (SSSR count). The van der Waals surface area contributed by atoms with Gasteiger partial charge in [-0.1, -0.05) is 12.1 Å². The first-order valence-electron chi connectivity index (χ1n) is 6.99. The van der Waals surface area contributed by atoms with Crippen molar-refractivity contribution < 1.29 is 4.79 Å². The molecule has 1 atom stereocenters. The molecule has 0 saturated carbocycles. The molecule has 1 aliphatic rings. The number of aromatic nitrogens is 2. The van der Waals surface area contributed by atoms with E-state index in [0.717, 1.165) is 30.9 Å². The molecule has 4 heteroatoms.